The Balaban J connectivity index is 2.25. The van der Waals surface area contributed by atoms with Crippen molar-refractivity contribution in [2.24, 2.45) is 11.3 Å². The zero-order valence-corrected chi connectivity index (χ0v) is 15.9. The summed E-state index contributed by atoms with van der Waals surface area (Å²) in [4.78, 5) is 24.5. The summed E-state index contributed by atoms with van der Waals surface area (Å²) < 4.78 is 40.0. The minimum atomic E-state index is -1.71. The minimum Gasteiger partial charge on any atom is -0.323 e. The van der Waals surface area contributed by atoms with Crippen LogP contribution >= 0.6 is 11.8 Å². The molecule has 2 rings (SSSR count). The fourth-order valence-electron chi connectivity index (χ4n) is 2.60. The Labute approximate surface area is 163 Å². The number of halogens is 3. The van der Waals surface area contributed by atoms with Crippen LogP contribution in [0.5, 0.6) is 0 Å². The van der Waals surface area contributed by atoms with Crippen LogP contribution in [0.4, 0.5) is 18.9 Å². The molecule has 0 unspecified atom stereocenters. The molecule has 1 aromatic rings. The Bertz CT molecular complexity index is 963. The number of allylic oxidation sites excluding steroid dienone is 1. The van der Waals surface area contributed by atoms with Gasteiger partial charge in [-0.1, -0.05) is 25.6 Å². The van der Waals surface area contributed by atoms with Crippen molar-refractivity contribution < 1.29 is 22.8 Å². The van der Waals surface area contributed by atoms with Crippen molar-refractivity contribution in [3.8, 4) is 12.1 Å². The van der Waals surface area contributed by atoms with Gasteiger partial charge in [0.05, 0.1) is 33.7 Å². The predicted octanol–water partition coefficient (Wildman–Crippen LogP) is 3.20. The first kappa shape index (κ1) is 21.3. The van der Waals surface area contributed by atoms with E-state index in [1.54, 1.807) is 13.8 Å². The second-order valence-corrected chi connectivity index (χ2v) is 7.91. The van der Waals surface area contributed by atoms with Crippen molar-refractivity contribution in [3.63, 3.8) is 0 Å². The van der Waals surface area contributed by atoms with Gasteiger partial charge < -0.3 is 10.6 Å². The van der Waals surface area contributed by atoms with Gasteiger partial charge in [-0.2, -0.15) is 10.5 Å². The van der Waals surface area contributed by atoms with Crippen LogP contribution in [0.3, 0.4) is 0 Å². The van der Waals surface area contributed by atoms with E-state index >= 15 is 0 Å². The number of nitriles is 2. The van der Waals surface area contributed by atoms with Crippen LogP contribution in [-0.2, 0) is 9.59 Å². The molecule has 28 heavy (non-hydrogen) atoms. The maximum atomic E-state index is 13.7. The number of hydrogen-bond acceptors (Lipinski definition) is 5. The summed E-state index contributed by atoms with van der Waals surface area (Å²) in [7, 11) is 0. The van der Waals surface area contributed by atoms with Crippen LogP contribution in [-0.4, -0.2) is 17.1 Å². The molecule has 6 nitrogen and oxygen atoms in total. The lowest BCUT2D eigenvalue weighted by atomic mass is 9.72. The first-order valence-corrected chi connectivity index (χ1v) is 8.88. The summed E-state index contributed by atoms with van der Waals surface area (Å²) in [6.07, 6.45) is 0. The zero-order chi connectivity index (χ0) is 21.2. The van der Waals surface area contributed by atoms with Crippen LogP contribution in [0.2, 0.25) is 0 Å². The van der Waals surface area contributed by atoms with Crippen LogP contribution < -0.4 is 10.6 Å². The van der Waals surface area contributed by atoms with Gasteiger partial charge in [0.2, 0.25) is 11.8 Å². The number of hydrogen-bond donors (Lipinski definition) is 2. The number of thioether (sulfide) groups is 1. The highest BCUT2D eigenvalue weighted by Crippen LogP contribution is 2.42. The van der Waals surface area contributed by atoms with Crippen molar-refractivity contribution in [1.29, 1.82) is 10.5 Å². The predicted molar refractivity (Wildman–Crippen MR) is 95.7 cm³/mol. The van der Waals surface area contributed by atoms with E-state index in [0.717, 1.165) is 17.8 Å². The molecule has 1 heterocycles. The van der Waals surface area contributed by atoms with E-state index in [-0.39, 0.29) is 10.6 Å². The molecule has 0 spiro atoms. The van der Waals surface area contributed by atoms with Gasteiger partial charge in [0.25, 0.3) is 0 Å². The molecule has 2 amide bonds. The van der Waals surface area contributed by atoms with Crippen molar-refractivity contribution >= 4 is 29.3 Å². The maximum Gasteiger partial charge on any atom is 0.243 e. The molecule has 2 N–H and O–H groups in total. The lowest BCUT2D eigenvalue weighted by Crippen LogP contribution is -2.45. The summed E-state index contributed by atoms with van der Waals surface area (Å²) in [5, 5.41) is 22.4. The molecule has 0 saturated carbocycles. The van der Waals surface area contributed by atoms with E-state index in [1.165, 1.54) is 6.92 Å². The summed E-state index contributed by atoms with van der Waals surface area (Å²) in [6.45, 7) is 4.57. The molecule has 0 bridgehead atoms. The highest BCUT2D eigenvalue weighted by Gasteiger charge is 2.45. The third-order valence-electron chi connectivity index (χ3n) is 4.29. The normalized spacial score (nSPS) is 19.3. The van der Waals surface area contributed by atoms with Crippen LogP contribution in [0.25, 0.3) is 0 Å². The van der Waals surface area contributed by atoms with Crippen molar-refractivity contribution in [3.05, 3.63) is 40.2 Å². The van der Waals surface area contributed by atoms with Gasteiger partial charge in [-0.05, 0) is 19.1 Å². The third kappa shape index (κ3) is 3.82. The number of amides is 2. The van der Waals surface area contributed by atoms with E-state index in [9.17, 15) is 33.3 Å². The molecule has 0 aromatic heterocycles. The fraction of sp³-hybridized carbons (Fsp3) is 0.333. The summed E-state index contributed by atoms with van der Waals surface area (Å²) in [5.74, 6) is -7.07. The molecule has 1 aliphatic heterocycles. The second kappa shape index (κ2) is 7.95. The lowest BCUT2D eigenvalue weighted by Gasteiger charge is -2.35. The molecular formula is C18H15F3N4O2S. The van der Waals surface area contributed by atoms with Gasteiger partial charge in [0.1, 0.15) is 5.92 Å². The molecule has 146 valence electrons. The smallest absolute Gasteiger partial charge is 0.243 e. The Hall–Kier alpha value is -2.98. The van der Waals surface area contributed by atoms with Gasteiger partial charge in [0, 0.05) is 5.41 Å². The maximum absolute atomic E-state index is 13.7. The molecule has 0 saturated heterocycles. The molecule has 1 aliphatic rings. The van der Waals surface area contributed by atoms with E-state index < -0.39 is 51.5 Å². The van der Waals surface area contributed by atoms with Gasteiger partial charge in [-0.3, -0.25) is 9.59 Å². The highest BCUT2D eigenvalue weighted by molar-refractivity contribution is 8.04. The van der Waals surface area contributed by atoms with Crippen molar-refractivity contribution in [1.82, 2.24) is 5.32 Å². The van der Waals surface area contributed by atoms with Gasteiger partial charge in [0.15, 0.2) is 17.5 Å². The average Bonchev–Trinajstić information content (AvgIpc) is 2.61. The number of carbonyl (C=O) groups excluding carboxylic acids is 2. The Morgan fingerprint density at radius 2 is 1.93 bits per heavy atom. The third-order valence-corrected chi connectivity index (χ3v) is 5.40. The molecule has 1 aromatic carbocycles. The van der Waals surface area contributed by atoms with Gasteiger partial charge in [-0.25, -0.2) is 13.2 Å². The fourth-order valence-corrected chi connectivity index (χ4v) is 3.71. The second-order valence-electron chi connectivity index (χ2n) is 6.56. The number of anilines is 1. The van der Waals surface area contributed by atoms with Gasteiger partial charge >= 0.3 is 0 Å². The van der Waals surface area contributed by atoms with Crippen molar-refractivity contribution in [2.75, 3.05) is 5.32 Å². The van der Waals surface area contributed by atoms with Crippen LogP contribution in [0.1, 0.15) is 20.8 Å². The number of nitrogens with zero attached hydrogens (tertiary/aromatic N) is 2. The first-order chi connectivity index (χ1) is 13.0. The molecule has 0 aliphatic carbocycles. The lowest BCUT2D eigenvalue weighted by molar-refractivity contribution is -0.125. The molecule has 2 atom stereocenters. The van der Waals surface area contributed by atoms with Gasteiger partial charge in [-0.15, -0.1) is 0 Å². The van der Waals surface area contributed by atoms with E-state index in [2.05, 4.69) is 10.6 Å². The largest absolute Gasteiger partial charge is 0.323 e. The van der Waals surface area contributed by atoms with E-state index in [1.807, 2.05) is 12.1 Å². The summed E-state index contributed by atoms with van der Waals surface area (Å²) >= 11 is 0.826. The highest BCUT2D eigenvalue weighted by atomic mass is 32.2. The van der Waals surface area contributed by atoms with Crippen LogP contribution in [0.15, 0.2) is 22.7 Å². The monoisotopic (exact) mass is 408 g/mol. The molecule has 10 heteroatoms. The minimum absolute atomic E-state index is 0.109. The first-order valence-electron chi connectivity index (χ1n) is 8.00. The van der Waals surface area contributed by atoms with Crippen molar-refractivity contribution in [2.45, 2.75) is 26.0 Å². The average molecular weight is 408 g/mol. The number of benzene rings is 1. The van der Waals surface area contributed by atoms with E-state index in [0.29, 0.717) is 6.07 Å². The molecular weight excluding hydrogens is 393 g/mol. The number of nitrogens with one attached hydrogen (secondary N) is 2. The van der Waals surface area contributed by atoms with Crippen LogP contribution in [0, 0.1) is 51.4 Å². The SMILES string of the molecule is C[C@@H](SC1=C(C#N)C(C)(C)[C@H](C#N)C(=O)N1)C(=O)Nc1ccc(F)c(F)c1F. The Kier molecular flexibility index (Phi) is 6.05. The number of rotatable bonds is 4. The van der Waals surface area contributed by atoms with E-state index in [4.69, 9.17) is 0 Å². The molecule has 0 radical (unpaired) electrons. The summed E-state index contributed by atoms with van der Waals surface area (Å²) in [5.41, 5.74) is -1.48. The Morgan fingerprint density at radius 1 is 1.29 bits per heavy atom. The topological polar surface area (TPSA) is 106 Å². The summed E-state index contributed by atoms with van der Waals surface area (Å²) in [6, 6.07) is 5.37. The quantitative estimate of drug-likeness (QED) is 0.745. The molecule has 0 fully saturated rings. The standard InChI is InChI=1S/C18H15F3N4O2S/c1-8(15(26)24-12-5-4-11(19)13(20)14(12)21)28-17-10(7-23)18(2,3)9(6-22)16(27)25-17/h4-5,8-9H,1-3H3,(H,24,26)(H,25,27)/t8-,9-/m1/s1. The Morgan fingerprint density at radius 3 is 2.50 bits per heavy atom. The number of carbonyl (C=O) groups is 2. The zero-order valence-electron chi connectivity index (χ0n) is 15.1.